The number of rotatable bonds is 4. The summed E-state index contributed by atoms with van der Waals surface area (Å²) < 4.78 is 0. The highest BCUT2D eigenvalue weighted by molar-refractivity contribution is 8.05. The van der Waals surface area contributed by atoms with Crippen LogP contribution in [0.3, 0.4) is 0 Å². The first-order chi connectivity index (χ1) is 13.4. The van der Waals surface area contributed by atoms with Gasteiger partial charge in [0.05, 0.1) is 5.25 Å². The summed E-state index contributed by atoms with van der Waals surface area (Å²) in [6, 6.07) is 15.9. The predicted molar refractivity (Wildman–Crippen MR) is 112 cm³/mol. The molecule has 1 atom stereocenters. The second-order valence-electron chi connectivity index (χ2n) is 5.96. The molecule has 3 rings (SSSR count). The number of benzene rings is 2. The van der Waals surface area contributed by atoms with Crippen molar-refractivity contribution in [3.8, 4) is 6.07 Å². The quantitative estimate of drug-likeness (QED) is 0.582. The van der Waals surface area contributed by atoms with Gasteiger partial charge in [0.15, 0.2) is 0 Å². The zero-order valence-electron chi connectivity index (χ0n) is 14.8. The zero-order chi connectivity index (χ0) is 20.3. The van der Waals surface area contributed by atoms with Crippen molar-refractivity contribution in [2.24, 2.45) is 0 Å². The second-order valence-corrected chi connectivity index (χ2v) is 8.03. The Kier molecular flexibility index (Phi) is 6.30. The van der Waals surface area contributed by atoms with E-state index in [2.05, 4.69) is 5.32 Å². The fraction of sp³-hybridized carbons (Fsp3) is 0.150. The average molecular weight is 432 g/mol. The number of halogens is 2. The average Bonchev–Trinajstić information content (AvgIpc) is 2.99. The van der Waals surface area contributed by atoms with E-state index in [0.29, 0.717) is 27.2 Å². The van der Waals surface area contributed by atoms with E-state index < -0.39 is 11.2 Å². The van der Waals surface area contributed by atoms with E-state index in [4.69, 9.17) is 23.2 Å². The largest absolute Gasteiger partial charge is 0.354 e. The Morgan fingerprint density at radius 3 is 2.54 bits per heavy atom. The first kappa shape index (κ1) is 20.3. The number of nitrogens with one attached hydrogen (secondary N) is 1. The molecule has 0 radical (unpaired) electrons. The number of carbonyl (C=O) groups is 2. The summed E-state index contributed by atoms with van der Waals surface area (Å²) in [6.45, 7) is 0. The van der Waals surface area contributed by atoms with E-state index in [0.717, 1.165) is 5.56 Å². The van der Waals surface area contributed by atoms with E-state index in [1.54, 1.807) is 36.4 Å². The minimum Gasteiger partial charge on any atom is -0.354 e. The van der Waals surface area contributed by atoms with E-state index >= 15 is 0 Å². The van der Waals surface area contributed by atoms with Crippen LogP contribution in [0.4, 0.5) is 5.69 Å². The molecule has 0 bridgehead atoms. The van der Waals surface area contributed by atoms with Crippen LogP contribution < -0.4 is 10.2 Å². The van der Waals surface area contributed by atoms with Crippen molar-refractivity contribution in [3.63, 3.8) is 0 Å². The van der Waals surface area contributed by atoms with Crippen LogP contribution >= 0.6 is 35.0 Å². The molecule has 0 unspecified atom stereocenters. The first-order valence-corrected chi connectivity index (χ1v) is 9.95. The summed E-state index contributed by atoms with van der Waals surface area (Å²) >= 11 is 13.2. The van der Waals surface area contributed by atoms with Crippen LogP contribution in [0.2, 0.25) is 10.0 Å². The summed E-state index contributed by atoms with van der Waals surface area (Å²) in [4.78, 5) is 26.8. The highest BCUT2D eigenvalue weighted by Gasteiger charge is 2.40. The summed E-state index contributed by atoms with van der Waals surface area (Å²) in [5, 5.41) is 12.9. The summed E-state index contributed by atoms with van der Waals surface area (Å²) in [5.74, 6) is -0.751. The Morgan fingerprint density at radius 1 is 1.21 bits per heavy atom. The van der Waals surface area contributed by atoms with Crippen LogP contribution in [0.15, 0.2) is 59.1 Å². The summed E-state index contributed by atoms with van der Waals surface area (Å²) in [6.07, 6.45) is 0.421. The maximum absolute atomic E-state index is 13.2. The molecule has 1 N–H and O–H groups in total. The first-order valence-electron chi connectivity index (χ1n) is 8.31. The summed E-state index contributed by atoms with van der Waals surface area (Å²) in [5.41, 5.74) is 1.33. The molecule has 1 fully saturated rings. The van der Waals surface area contributed by atoms with Crippen molar-refractivity contribution >= 4 is 52.5 Å². The lowest BCUT2D eigenvalue weighted by molar-refractivity contribution is -0.117. The SMILES string of the molecule is CNC(=O)/C(C#N)=C1\S[C@@H](Cc2cccc(Cl)c2)C(=O)N1c1ccc(Cl)cc1. The molecule has 28 heavy (non-hydrogen) atoms. The van der Waals surface area contributed by atoms with Crippen molar-refractivity contribution in [2.75, 3.05) is 11.9 Å². The van der Waals surface area contributed by atoms with Gasteiger partial charge in [0.25, 0.3) is 5.91 Å². The number of amides is 2. The fourth-order valence-corrected chi connectivity index (χ4v) is 4.46. The van der Waals surface area contributed by atoms with Crippen LogP contribution in [0, 0.1) is 11.3 Å². The molecule has 8 heteroatoms. The lowest BCUT2D eigenvalue weighted by atomic mass is 10.1. The van der Waals surface area contributed by atoms with Crippen molar-refractivity contribution in [2.45, 2.75) is 11.7 Å². The number of likely N-dealkylation sites (N-methyl/N-ethyl adjacent to an activating group) is 1. The van der Waals surface area contributed by atoms with Crippen molar-refractivity contribution in [1.82, 2.24) is 5.32 Å². The zero-order valence-corrected chi connectivity index (χ0v) is 17.1. The van der Waals surface area contributed by atoms with Gasteiger partial charge >= 0.3 is 0 Å². The molecule has 2 amide bonds. The normalized spacial score (nSPS) is 18.0. The van der Waals surface area contributed by atoms with Crippen molar-refractivity contribution < 1.29 is 9.59 Å². The van der Waals surface area contributed by atoms with Gasteiger partial charge in [0.2, 0.25) is 5.91 Å². The molecular formula is C20H15Cl2N3O2S. The topological polar surface area (TPSA) is 73.2 Å². The van der Waals surface area contributed by atoms with Gasteiger partial charge in [0.1, 0.15) is 16.7 Å². The number of thioether (sulfide) groups is 1. The molecule has 2 aromatic carbocycles. The molecular weight excluding hydrogens is 417 g/mol. The third-order valence-corrected chi connectivity index (χ3v) is 5.88. The molecule has 0 aromatic heterocycles. The molecule has 5 nitrogen and oxygen atoms in total. The molecule has 0 spiro atoms. The minimum absolute atomic E-state index is 0.107. The molecule has 1 aliphatic rings. The van der Waals surface area contributed by atoms with E-state index in [1.807, 2.05) is 18.2 Å². The van der Waals surface area contributed by atoms with E-state index in [-0.39, 0.29) is 11.5 Å². The van der Waals surface area contributed by atoms with Crippen LogP contribution in [-0.4, -0.2) is 24.1 Å². The number of nitrogens with zero attached hydrogens (tertiary/aromatic N) is 2. The minimum atomic E-state index is -0.542. The highest BCUT2D eigenvalue weighted by Crippen LogP contribution is 2.42. The van der Waals surface area contributed by atoms with Crippen LogP contribution in [0.5, 0.6) is 0 Å². The van der Waals surface area contributed by atoms with Gasteiger partial charge in [-0.1, -0.05) is 47.1 Å². The Bertz CT molecular complexity index is 999. The van der Waals surface area contributed by atoms with E-state index in [9.17, 15) is 14.9 Å². The van der Waals surface area contributed by atoms with Gasteiger partial charge in [-0.15, -0.1) is 0 Å². The molecule has 1 saturated heterocycles. The van der Waals surface area contributed by atoms with Gasteiger partial charge in [-0.2, -0.15) is 5.26 Å². The number of hydrogen-bond donors (Lipinski definition) is 1. The maximum Gasteiger partial charge on any atom is 0.264 e. The van der Waals surface area contributed by atoms with Crippen LogP contribution in [0.1, 0.15) is 5.56 Å². The van der Waals surface area contributed by atoms with Gasteiger partial charge < -0.3 is 5.32 Å². The monoisotopic (exact) mass is 431 g/mol. The lowest BCUT2D eigenvalue weighted by Gasteiger charge is -2.18. The number of anilines is 1. The van der Waals surface area contributed by atoms with Gasteiger partial charge in [0, 0.05) is 22.8 Å². The van der Waals surface area contributed by atoms with Gasteiger partial charge in [-0.25, -0.2) is 0 Å². The molecule has 142 valence electrons. The molecule has 1 heterocycles. The van der Waals surface area contributed by atoms with Crippen molar-refractivity contribution in [1.29, 1.82) is 5.26 Å². The maximum atomic E-state index is 13.2. The van der Waals surface area contributed by atoms with Crippen LogP contribution in [-0.2, 0) is 16.0 Å². The molecule has 0 aliphatic carbocycles. The Hall–Kier alpha value is -2.46. The molecule has 1 aliphatic heterocycles. The lowest BCUT2D eigenvalue weighted by Crippen LogP contribution is -2.31. The molecule has 0 saturated carbocycles. The molecule has 2 aromatic rings. The van der Waals surface area contributed by atoms with Gasteiger partial charge in [-0.05, 0) is 48.4 Å². The Morgan fingerprint density at radius 2 is 1.93 bits per heavy atom. The second kappa shape index (κ2) is 8.70. The smallest absolute Gasteiger partial charge is 0.264 e. The predicted octanol–water partition coefficient (Wildman–Crippen LogP) is 4.17. The number of carbonyl (C=O) groups excluding carboxylic acids is 2. The third-order valence-electron chi connectivity index (χ3n) is 4.13. The fourth-order valence-electron chi connectivity index (χ4n) is 2.82. The summed E-state index contributed by atoms with van der Waals surface area (Å²) in [7, 11) is 1.44. The third kappa shape index (κ3) is 4.17. The van der Waals surface area contributed by atoms with Crippen LogP contribution in [0.25, 0.3) is 0 Å². The Labute approximate surface area is 176 Å². The van der Waals surface area contributed by atoms with Crippen molar-refractivity contribution in [3.05, 3.63) is 74.7 Å². The number of nitriles is 1. The number of hydrogen-bond acceptors (Lipinski definition) is 4. The van der Waals surface area contributed by atoms with E-state index in [1.165, 1.54) is 23.7 Å². The van der Waals surface area contributed by atoms with Gasteiger partial charge in [-0.3, -0.25) is 14.5 Å². The Balaban J connectivity index is 2.04. The highest BCUT2D eigenvalue weighted by atomic mass is 35.5. The standard InChI is InChI=1S/C20H15Cl2N3O2S/c1-24-18(26)16(11-23)20-25(15-7-5-13(21)6-8-15)19(27)17(28-20)10-12-3-2-4-14(22)9-12/h2-9,17H,10H2,1H3,(H,24,26)/b20-16-/t17-/m0/s1.